The largest absolute Gasteiger partial charge is 0.458 e. The molecule has 0 fully saturated rings. The number of amides is 1. The van der Waals surface area contributed by atoms with Crippen LogP contribution in [-0.2, 0) is 23.9 Å². The third-order valence-electron chi connectivity index (χ3n) is 5.85. The highest BCUT2D eigenvalue weighted by atomic mass is 16.6. The van der Waals surface area contributed by atoms with Gasteiger partial charge in [0, 0.05) is 17.4 Å². The Balaban J connectivity index is 5.61. The summed E-state index contributed by atoms with van der Waals surface area (Å²) >= 11 is 0. The first kappa shape index (κ1) is 34.4. The maximum absolute atomic E-state index is 13.3. The van der Waals surface area contributed by atoms with Crippen LogP contribution >= 0.6 is 0 Å². The summed E-state index contributed by atoms with van der Waals surface area (Å²) in [6.45, 7) is 27.2. The Morgan fingerprint density at radius 3 is 1.56 bits per heavy atom. The Kier molecular flexibility index (Phi) is 12.7. The molecule has 7 heteroatoms. The van der Waals surface area contributed by atoms with Crippen LogP contribution in [0.25, 0.3) is 0 Å². The average Bonchev–Trinajstić information content (AvgIpc) is 2.63. The van der Waals surface area contributed by atoms with Gasteiger partial charge in [-0.05, 0) is 72.6 Å². The summed E-state index contributed by atoms with van der Waals surface area (Å²) in [4.78, 5) is 39.0. The number of ether oxygens (including phenoxy) is 2. The van der Waals surface area contributed by atoms with Gasteiger partial charge in [0.25, 0.3) is 0 Å². The highest BCUT2D eigenvalue weighted by molar-refractivity contribution is 5.87. The zero-order chi connectivity index (χ0) is 28.7. The van der Waals surface area contributed by atoms with Crippen molar-refractivity contribution in [2.75, 3.05) is 0 Å². The number of hydrogen-bond donors (Lipinski definition) is 2. The molecule has 0 heterocycles. The van der Waals surface area contributed by atoms with Crippen molar-refractivity contribution in [3.05, 3.63) is 0 Å². The first-order chi connectivity index (χ1) is 16.0. The minimum Gasteiger partial charge on any atom is -0.458 e. The Morgan fingerprint density at radius 1 is 0.722 bits per heavy atom. The minimum atomic E-state index is -0.868. The molecule has 2 N–H and O–H groups in total. The van der Waals surface area contributed by atoms with Crippen molar-refractivity contribution in [1.29, 1.82) is 0 Å². The van der Waals surface area contributed by atoms with Crippen molar-refractivity contribution in [1.82, 2.24) is 10.6 Å². The number of rotatable bonds is 13. The molecule has 3 unspecified atom stereocenters. The van der Waals surface area contributed by atoms with E-state index in [4.69, 9.17) is 9.47 Å². The molecule has 0 spiro atoms. The van der Waals surface area contributed by atoms with Gasteiger partial charge < -0.3 is 14.8 Å². The molecular formula is C29H56N2O5. The Labute approximate surface area is 221 Å². The van der Waals surface area contributed by atoms with E-state index in [0.717, 1.165) is 0 Å². The number of nitrogens with one attached hydrogen (secondary N) is 2. The quantitative estimate of drug-likeness (QED) is 0.303. The van der Waals surface area contributed by atoms with Gasteiger partial charge in [-0.25, -0.2) is 4.79 Å². The molecule has 0 bridgehead atoms. The summed E-state index contributed by atoms with van der Waals surface area (Å²) in [6, 6.07) is -1.16. The van der Waals surface area contributed by atoms with Crippen molar-refractivity contribution < 1.29 is 23.9 Å². The number of hydrogen-bond acceptors (Lipinski definition) is 6. The first-order valence-electron chi connectivity index (χ1n) is 13.5. The van der Waals surface area contributed by atoms with Crippen LogP contribution in [0, 0.1) is 17.3 Å². The highest BCUT2D eigenvalue weighted by Crippen LogP contribution is 2.31. The van der Waals surface area contributed by atoms with Crippen LogP contribution in [0.5, 0.6) is 0 Å². The molecule has 0 aromatic heterocycles. The zero-order valence-corrected chi connectivity index (χ0v) is 25.7. The number of carbonyl (C=O) groups excluding carboxylic acids is 3. The second-order valence-electron chi connectivity index (χ2n) is 14.1. The lowest BCUT2D eigenvalue weighted by Gasteiger charge is -2.38. The van der Waals surface area contributed by atoms with Crippen molar-refractivity contribution in [2.24, 2.45) is 17.3 Å². The lowest BCUT2D eigenvalue weighted by molar-refractivity contribution is -0.176. The molecular weight excluding hydrogens is 456 g/mol. The highest BCUT2D eigenvalue weighted by Gasteiger charge is 2.40. The molecule has 3 atom stereocenters. The van der Waals surface area contributed by atoms with Crippen LogP contribution in [-0.4, -0.2) is 46.7 Å². The fraction of sp³-hybridized carbons (Fsp3) is 0.897. The summed E-state index contributed by atoms with van der Waals surface area (Å²) in [7, 11) is 0. The molecule has 0 rings (SSSR count). The molecule has 0 aromatic carbocycles. The third kappa shape index (κ3) is 13.6. The lowest BCUT2D eigenvalue weighted by Crippen LogP contribution is -2.52. The Bertz CT molecular complexity index is 731. The van der Waals surface area contributed by atoms with Crippen LogP contribution in [0.1, 0.15) is 123 Å². The number of esters is 2. The third-order valence-corrected chi connectivity index (χ3v) is 5.85. The van der Waals surface area contributed by atoms with Gasteiger partial charge in [0.1, 0.15) is 23.3 Å². The van der Waals surface area contributed by atoms with E-state index >= 15 is 0 Å². The SMILES string of the molecule is CCC(C)(CC(C)(C)OC(=O)C(CC(C)C)NC(C)(C)C)OC(=O)C(CC(C)C)NC(=O)C(C)(C)C. The van der Waals surface area contributed by atoms with E-state index in [1.807, 2.05) is 83.1 Å². The van der Waals surface area contributed by atoms with Crippen LogP contribution in [0.2, 0.25) is 0 Å². The van der Waals surface area contributed by atoms with E-state index < -0.39 is 34.7 Å². The van der Waals surface area contributed by atoms with Crippen molar-refractivity contribution in [3.8, 4) is 0 Å². The fourth-order valence-electron chi connectivity index (χ4n) is 4.10. The molecule has 36 heavy (non-hydrogen) atoms. The summed E-state index contributed by atoms with van der Waals surface area (Å²) in [5.41, 5.74) is -2.58. The monoisotopic (exact) mass is 512 g/mol. The van der Waals surface area contributed by atoms with Gasteiger partial charge >= 0.3 is 11.9 Å². The fourth-order valence-corrected chi connectivity index (χ4v) is 4.10. The van der Waals surface area contributed by atoms with Gasteiger partial charge in [0.15, 0.2) is 0 Å². The van der Waals surface area contributed by atoms with Crippen LogP contribution in [0.3, 0.4) is 0 Å². The minimum absolute atomic E-state index is 0.194. The maximum atomic E-state index is 13.3. The van der Waals surface area contributed by atoms with Gasteiger partial charge in [-0.15, -0.1) is 0 Å². The molecule has 0 aromatic rings. The molecule has 0 aliphatic heterocycles. The first-order valence-corrected chi connectivity index (χ1v) is 13.5. The second kappa shape index (κ2) is 13.3. The lowest BCUT2D eigenvalue weighted by atomic mass is 9.88. The molecule has 0 aliphatic carbocycles. The number of carbonyl (C=O) groups is 3. The van der Waals surface area contributed by atoms with Crippen molar-refractivity contribution in [3.63, 3.8) is 0 Å². The van der Waals surface area contributed by atoms with Gasteiger partial charge in [0.05, 0.1) is 0 Å². The van der Waals surface area contributed by atoms with E-state index in [9.17, 15) is 14.4 Å². The van der Waals surface area contributed by atoms with Crippen LogP contribution in [0.4, 0.5) is 0 Å². The van der Waals surface area contributed by atoms with E-state index in [-0.39, 0.29) is 23.3 Å². The van der Waals surface area contributed by atoms with E-state index in [1.165, 1.54) is 0 Å². The van der Waals surface area contributed by atoms with Gasteiger partial charge in [0.2, 0.25) is 5.91 Å². The molecule has 0 saturated carbocycles. The molecule has 7 nitrogen and oxygen atoms in total. The van der Waals surface area contributed by atoms with E-state index in [1.54, 1.807) is 0 Å². The van der Waals surface area contributed by atoms with Crippen molar-refractivity contribution in [2.45, 2.75) is 151 Å². The van der Waals surface area contributed by atoms with Gasteiger partial charge in [-0.1, -0.05) is 55.4 Å². The smallest absolute Gasteiger partial charge is 0.329 e. The summed E-state index contributed by atoms with van der Waals surface area (Å²) in [6.07, 6.45) is 2.02. The second-order valence-corrected chi connectivity index (χ2v) is 14.1. The topological polar surface area (TPSA) is 93.7 Å². The van der Waals surface area contributed by atoms with E-state index in [0.29, 0.717) is 31.6 Å². The summed E-state index contributed by atoms with van der Waals surface area (Å²) in [5.74, 6) is -0.437. The van der Waals surface area contributed by atoms with Gasteiger partial charge in [-0.2, -0.15) is 0 Å². The van der Waals surface area contributed by atoms with E-state index in [2.05, 4.69) is 24.5 Å². The van der Waals surface area contributed by atoms with Crippen molar-refractivity contribution >= 4 is 17.8 Å². The predicted octanol–water partition coefficient (Wildman–Crippen LogP) is 5.79. The molecule has 0 saturated heterocycles. The van der Waals surface area contributed by atoms with Gasteiger partial charge in [-0.3, -0.25) is 14.9 Å². The maximum Gasteiger partial charge on any atom is 0.329 e. The normalized spacial score (nSPS) is 16.3. The standard InChI is InChI=1S/C29H56N2O5/c1-15-29(14,36-23(32)21(16-19(2)3)30-25(34)26(6,7)8)18-28(12,13)35-24(33)22(17-20(4)5)31-27(9,10)11/h19-22,31H,15-18H2,1-14H3,(H,30,34). The molecule has 212 valence electrons. The molecule has 1 amide bonds. The Morgan fingerprint density at radius 2 is 1.17 bits per heavy atom. The predicted molar refractivity (Wildman–Crippen MR) is 147 cm³/mol. The zero-order valence-electron chi connectivity index (χ0n) is 25.7. The molecule has 0 aliphatic rings. The summed E-state index contributed by atoms with van der Waals surface area (Å²) in [5, 5.41) is 6.26. The van der Waals surface area contributed by atoms with Crippen LogP contribution < -0.4 is 10.6 Å². The van der Waals surface area contributed by atoms with Crippen LogP contribution in [0.15, 0.2) is 0 Å². The Hall–Kier alpha value is -1.63. The summed E-state index contributed by atoms with van der Waals surface area (Å²) < 4.78 is 12.0. The molecule has 0 radical (unpaired) electrons. The average molecular weight is 513 g/mol.